The van der Waals surface area contributed by atoms with E-state index in [0.29, 0.717) is 18.2 Å². The number of ether oxygens (including phenoxy) is 1. The van der Waals surface area contributed by atoms with E-state index in [1.165, 1.54) is 17.5 Å². The highest BCUT2D eigenvalue weighted by Crippen LogP contribution is 2.19. The second-order valence-corrected chi connectivity index (χ2v) is 7.95. The fourth-order valence-electron chi connectivity index (χ4n) is 4.05. The highest BCUT2D eigenvalue weighted by molar-refractivity contribution is 5.92. The minimum atomic E-state index is -0.624. The second kappa shape index (κ2) is 9.43. The molecular weight excluding hydrogens is 368 g/mol. The molecule has 2 aliphatic heterocycles. The molecule has 2 aromatic rings. The molecule has 2 atom stereocenters. The highest BCUT2D eigenvalue weighted by atomic mass is 16.5. The Hall–Kier alpha value is -2.35. The predicted molar refractivity (Wildman–Crippen MR) is 108 cm³/mol. The lowest BCUT2D eigenvalue weighted by molar-refractivity contribution is 0.0838. The molecule has 1 aromatic carbocycles. The van der Waals surface area contributed by atoms with Crippen LogP contribution in [-0.4, -0.2) is 64.8 Å². The number of aromatic nitrogens is 2. The van der Waals surface area contributed by atoms with E-state index in [1.807, 2.05) is 0 Å². The SMILES string of the molecule is O=C(NC[C@H](O)CN1CCc2ccccc2C1)c1cc(CC2CCOC2)ncn1. The molecule has 0 bridgehead atoms. The fraction of sp³-hybridized carbons (Fsp3) is 0.500. The van der Waals surface area contributed by atoms with Gasteiger partial charge in [0.05, 0.1) is 6.10 Å². The second-order valence-electron chi connectivity index (χ2n) is 7.95. The third-order valence-electron chi connectivity index (χ3n) is 5.66. The van der Waals surface area contributed by atoms with Crippen molar-refractivity contribution in [2.45, 2.75) is 31.9 Å². The van der Waals surface area contributed by atoms with Crippen molar-refractivity contribution in [3.8, 4) is 0 Å². The first-order valence-electron chi connectivity index (χ1n) is 10.3. The molecule has 0 saturated carbocycles. The maximum atomic E-state index is 12.4. The van der Waals surface area contributed by atoms with Gasteiger partial charge in [0, 0.05) is 45.1 Å². The maximum absolute atomic E-state index is 12.4. The van der Waals surface area contributed by atoms with Gasteiger partial charge in [0.25, 0.3) is 5.91 Å². The van der Waals surface area contributed by atoms with Crippen LogP contribution < -0.4 is 5.32 Å². The summed E-state index contributed by atoms with van der Waals surface area (Å²) in [7, 11) is 0. The van der Waals surface area contributed by atoms with E-state index in [0.717, 1.165) is 51.3 Å². The maximum Gasteiger partial charge on any atom is 0.270 e. The monoisotopic (exact) mass is 396 g/mol. The molecule has 1 fully saturated rings. The van der Waals surface area contributed by atoms with Crippen LogP contribution in [0, 0.1) is 5.92 Å². The minimum absolute atomic E-state index is 0.201. The number of carbonyl (C=O) groups excluding carboxylic acids is 1. The van der Waals surface area contributed by atoms with Gasteiger partial charge in [-0.25, -0.2) is 9.97 Å². The Kier molecular flexibility index (Phi) is 6.49. The molecule has 0 radical (unpaired) electrons. The summed E-state index contributed by atoms with van der Waals surface area (Å²) in [6.45, 7) is 4.03. The summed E-state index contributed by atoms with van der Waals surface area (Å²) in [5.74, 6) is 0.177. The molecular formula is C22H28N4O3. The number of amides is 1. The van der Waals surface area contributed by atoms with Crippen LogP contribution in [0.25, 0.3) is 0 Å². The van der Waals surface area contributed by atoms with Gasteiger partial charge in [-0.3, -0.25) is 9.69 Å². The zero-order chi connectivity index (χ0) is 20.1. The predicted octanol–water partition coefficient (Wildman–Crippen LogP) is 1.20. The summed E-state index contributed by atoms with van der Waals surface area (Å²) < 4.78 is 5.40. The van der Waals surface area contributed by atoms with Crippen molar-refractivity contribution in [3.05, 3.63) is 59.2 Å². The first kappa shape index (κ1) is 19.9. The van der Waals surface area contributed by atoms with Gasteiger partial charge in [-0.05, 0) is 42.4 Å². The van der Waals surface area contributed by atoms with Crippen molar-refractivity contribution in [2.24, 2.45) is 5.92 Å². The van der Waals surface area contributed by atoms with Crippen molar-refractivity contribution in [1.82, 2.24) is 20.2 Å². The number of aliphatic hydroxyl groups excluding tert-OH is 1. The van der Waals surface area contributed by atoms with Gasteiger partial charge in [-0.15, -0.1) is 0 Å². The summed E-state index contributed by atoms with van der Waals surface area (Å²) in [6, 6.07) is 10.2. The van der Waals surface area contributed by atoms with Gasteiger partial charge in [-0.2, -0.15) is 0 Å². The Morgan fingerprint density at radius 1 is 1.31 bits per heavy atom. The number of β-amino-alcohol motifs (C(OH)–C–C–N with tert-alkyl or cyclic N) is 1. The largest absolute Gasteiger partial charge is 0.390 e. The Morgan fingerprint density at radius 3 is 3.00 bits per heavy atom. The van der Waals surface area contributed by atoms with Crippen LogP contribution in [0.2, 0.25) is 0 Å². The summed E-state index contributed by atoms with van der Waals surface area (Å²) in [4.78, 5) is 23.0. The number of aliphatic hydroxyl groups is 1. The van der Waals surface area contributed by atoms with Gasteiger partial charge < -0.3 is 15.2 Å². The Balaban J connectivity index is 1.25. The third-order valence-corrected chi connectivity index (χ3v) is 5.66. The number of rotatable bonds is 7. The normalized spacial score (nSPS) is 20.2. The van der Waals surface area contributed by atoms with Crippen LogP contribution in [0.4, 0.5) is 0 Å². The highest BCUT2D eigenvalue weighted by Gasteiger charge is 2.20. The molecule has 1 amide bonds. The number of nitrogens with one attached hydrogen (secondary N) is 1. The average Bonchev–Trinajstić information content (AvgIpc) is 3.25. The molecule has 1 saturated heterocycles. The number of hydrogen-bond donors (Lipinski definition) is 2. The number of fused-ring (bicyclic) bond motifs is 1. The molecule has 4 rings (SSSR count). The fourth-order valence-corrected chi connectivity index (χ4v) is 4.05. The number of carbonyl (C=O) groups is 1. The van der Waals surface area contributed by atoms with Crippen LogP contribution in [0.3, 0.4) is 0 Å². The summed E-state index contributed by atoms with van der Waals surface area (Å²) >= 11 is 0. The van der Waals surface area contributed by atoms with Gasteiger partial charge in [0.1, 0.15) is 12.0 Å². The third kappa shape index (κ3) is 5.38. The summed E-state index contributed by atoms with van der Waals surface area (Å²) in [6.07, 6.45) is 3.62. The van der Waals surface area contributed by atoms with Crippen LogP contribution in [0.15, 0.2) is 36.7 Å². The molecule has 7 nitrogen and oxygen atoms in total. The zero-order valence-corrected chi connectivity index (χ0v) is 16.6. The number of hydrogen-bond acceptors (Lipinski definition) is 6. The molecule has 0 aliphatic carbocycles. The van der Waals surface area contributed by atoms with Crippen LogP contribution in [0.1, 0.15) is 33.7 Å². The van der Waals surface area contributed by atoms with Crippen molar-refractivity contribution in [3.63, 3.8) is 0 Å². The average molecular weight is 396 g/mol. The minimum Gasteiger partial charge on any atom is -0.390 e. The van der Waals surface area contributed by atoms with Gasteiger partial charge in [0.15, 0.2) is 0 Å². The van der Waals surface area contributed by atoms with Gasteiger partial charge in [-0.1, -0.05) is 24.3 Å². The van der Waals surface area contributed by atoms with Crippen LogP contribution in [-0.2, 0) is 24.1 Å². The standard InChI is InChI=1S/C22H28N4O3/c27-20(13-26-7-5-17-3-1-2-4-18(17)12-26)11-23-22(28)21-10-19(24-15-25-21)9-16-6-8-29-14-16/h1-4,10,15-16,20,27H,5-9,11-14H2,(H,23,28)/t16?,20-/m0/s1. The molecule has 2 aliphatic rings. The topological polar surface area (TPSA) is 87.6 Å². The molecule has 2 N–H and O–H groups in total. The van der Waals surface area contributed by atoms with Crippen molar-refractivity contribution < 1.29 is 14.6 Å². The van der Waals surface area contributed by atoms with E-state index in [-0.39, 0.29) is 12.5 Å². The van der Waals surface area contributed by atoms with E-state index in [4.69, 9.17) is 4.74 Å². The van der Waals surface area contributed by atoms with Crippen molar-refractivity contribution in [1.29, 1.82) is 0 Å². The molecule has 3 heterocycles. The first-order valence-corrected chi connectivity index (χ1v) is 10.3. The molecule has 1 unspecified atom stereocenters. The summed E-state index contributed by atoms with van der Waals surface area (Å²) in [5, 5.41) is 13.2. The lowest BCUT2D eigenvalue weighted by atomic mass is 10.00. The Labute approximate surface area is 171 Å². The quantitative estimate of drug-likeness (QED) is 0.731. The van der Waals surface area contributed by atoms with E-state index in [2.05, 4.69) is 44.5 Å². The molecule has 154 valence electrons. The lowest BCUT2D eigenvalue weighted by Crippen LogP contribution is -2.42. The zero-order valence-electron chi connectivity index (χ0n) is 16.6. The van der Waals surface area contributed by atoms with E-state index in [9.17, 15) is 9.90 Å². The smallest absolute Gasteiger partial charge is 0.270 e. The van der Waals surface area contributed by atoms with E-state index in [1.54, 1.807) is 6.07 Å². The number of benzene rings is 1. The molecule has 0 spiro atoms. The first-order chi connectivity index (χ1) is 14.2. The molecule has 29 heavy (non-hydrogen) atoms. The molecule has 7 heteroatoms. The van der Waals surface area contributed by atoms with E-state index < -0.39 is 6.10 Å². The van der Waals surface area contributed by atoms with Crippen molar-refractivity contribution >= 4 is 5.91 Å². The van der Waals surface area contributed by atoms with Crippen molar-refractivity contribution in [2.75, 3.05) is 32.8 Å². The Morgan fingerprint density at radius 2 is 2.17 bits per heavy atom. The lowest BCUT2D eigenvalue weighted by Gasteiger charge is -2.30. The Bertz CT molecular complexity index is 838. The van der Waals surface area contributed by atoms with Crippen LogP contribution >= 0.6 is 0 Å². The van der Waals surface area contributed by atoms with Gasteiger partial charge in [0.2, 0.25) is 0 Å². The van der Waals surface area contributed by atoms with Gasteiger partial charge >= 0.3 is 0 Å². The summed E-state index contributed by atoms with van der Waals surface area (Å²) in [5.41, 5.74) is 3.90. The van der Waals surface area contributed by atoms with Crippen LogP contribution in [0.5, 0.6) is 0 Å². The number of nitrogens with zero attached hydrogens (tertiary/aromatic N) is 3. The molecule has 1 aromatic heterocycles. The van der Waals surface area contributed by atoms with E-state index >= 15 is 0 Å².